The fourth-order valence-corrected chi connectivity index (χ4v) is 2.30. The van der Waals surface area contributed by atoms with Gasteiger partial charge in [0.1, 0.15) is 5.75 Å². The van der Waals surface area contributed by atoms with E-state index in [-0.39, 0.29) is 0 Å². The maximum absolute atomic E-state index is 5.15. The van der Waals surface area contributed by atoms with Gasteiger partial charge in [0.05, 0.1) is 13.0 Å². The fourth-order valence-electron chi connectivity index (χ4n) is 1.02. The SMILES string of the molecule is COCSCc1cc(OC)ccc1Br. The third-order valence-corrected chi connectivity index (χ3v) is 3.40. The van der Waals surface area contributed by atoms with Crippen molar-refractivity contribution in [1.29, 1.82) is 0 Å². The summed E-state index contributed by atoms with van der Waals surface area (Å²) < 4.78 is 11.2. The van der Waals surface area contributed by atoms with E-state index in [1.807, 2.05) is 18.2 Å². The lowest BCUT2D eigenvalue weighted by Crippen LogP contribution is -1.89. The monoisotopic (exact) mass is 276 g/mol. The summed E-state index contributed by atoms with van der Waals surface area (Å²) in [7, 11) is 3.38. The zero-order chi connectivity index (χ0) is 10.4. The molecule has 1 rings (SSSR count). The Hall–Kier alpha value is -0.190. The van der Waals surface area contributed by atoms with E-state index in [1.54, 1.807) is 26.0 Å². The summed E-state index contributed by atoms with van der Waals surface area (Å²) in [6, 6.07) is 5.98. The van der Waals surface area contributed by atoms with Crippen molar-refractivity contribution < 1.29 is 9.47 Å². The molecule has 0 saturated carbocycles. The Morgan fingerprint density at radius 3 is 2.79 bits per heavy atom. The lowest BCUT2D eigenvalue weighted by molar-refractivity contribution is 0.259. The molecule has 0 saturated heterocycles. The van der Waals surface area contributed by atoms with Crippen molar-refractivity contribution in [2.24, 2.45) is 0 Å². The van der Waals surface area contributed by atoms with Crippen LogP contribution >= 0.6 is 27.7 Å². The Morgan fingerprint density at radius 2 is 2.14 bits per heavy atom. The molecule has 0 bridgehead atoms. The molecule has 1 aromatic carbocycles. The molecule has 78 valence electrons. The van der Waals surface area contributed by atoms with Gasteiger partial charge in [-0.3, -0.25) is 0 Å². The van der Waals surface area contributed by atoms with Gasteiger partial charge in [-0.05, 0) is 23.8 Å². The standard InChI is InChI=1S/C10H13BrO2S/c1-12-7-14-6-8-5-9(13-2)3-4-10(8)11/h3-5H,6-7H2,1-2H3. The average Bonchev–Trinajstić information content (AvgIpc) is 2.21. The Bertz CT molecular complexity index is 291. The molecule has 0 spiro atoms. The van der Waals surface area contributed by atoms with Crippen molar-refractivity contribution in [2.75, 3.05) is 20.2 Å². The number of benzene rings is 1. The molecule has 0 N–H and O–H groups in total. The predicted molar refractivity (Wildman–Crippen MR) is 63.9 cm³/mol. The number of rotatable bonds is 5. The molecule has 0 heterocycles. The molecular formula is C10H13BrO2S. The van der Waals surface area contributed by atoms with E-state index >= 15 is 0 Å². The first-order valence-electron chi connectivity index (χ1n) is 4.17. The van der Waals surface area contributed by atoms with E-state index in [9.17, 15) is 0 Å². The van der Waals surface area contributed by atoms with Gasteiger partial charge >= 0.3 is 0 Å². The van der Waals surface area contributed by atoms with Crippen LogP contribution in [0.15, 0.2) is 22.7 Å². The predicted octanol–water partition coefficient (Wildman–Crippen LogP) is 3.29. The summed E-state index contributed by atoms with van der Waals surface area (Å²) >= 11 is 5.23. The van der Waals surface area contributed by atoms with Crippen molar-refractivity contribution >= 4 is 27.7 Å². The van der Waals surface area contributed by atoms with E-state index in [1.165, 1.54) is 5.56 Å². The summed E-state index contributed by atoms with van der Waals surface area (Å²) in [6.45, 7) is 0. The van der Waals surface area contributed by atoms with Gasteiger partial charge in [0.2, 0.25) is 0 Å². The van der Waals surface area contributed by atoms with Crippen molar-refractivity contribution in [1.82, 2.24) is 0 Å². The van der Waals surface area contributed by atoms with Crippen LogP contribution in [-0.2, 0) is 10.5 Å². The minimum absolute atomic E-state index is 0.712. The molecule has 0 fully saturated rings. The number of ether oxygens (including phenoxy) is 2. The molecule has 14 heavy (non-hydrogen) atoms. The number of thioether (sulfide) groups is 1. The van der Waals surface area contributed by atoms with E-state index in [0.29, 0.717) is 5.94 Å². The Kier molecular flexibility index (Phi) is 5.37. The van der Waals surface area contributed by atoms with Crippen LogP contribution in [0, 0.1) is 0 Å². The first-order valence-corrected chi connectivity index (χ1v) is 6.11. The van der Waals surface area contributed by atoms with Crippen LogP contribution in [0.5, 0.6) is 5.75 Å². The molecule has 0 amide bonds. The molecule has 0 aliphatic carbocycles. The highest BCUT2D eigenvalue weighted by Gasteiger charge is 2.01. The van der Waals surface area contributed by atoms with Crippen LogP contribution in [0.4, 0.5) is 0 Å². The van der Waals surface area contributed by atoms with Crippen molar-refractivity contribution in [3.8, 4) is 5.75 Å². The van der Waals surface area contributed by atoms with Gasteiger partial charge in [0.15, 0.2) is 0 Å². The van der Waals surface area contributed by atoms with Gasteiger partial charge in [-0.2, -0.15) is 0 Å². The van der Waals surface area contributed by atoms with Crippen LogP contribution < -0.4 is 4.74 Å². The lowest BCUT2D eigenvalue weighted by atomic mass is 10.2. The smallest absolute Gasteiger partial charge is 0.119 e. The van der Waals surface area contributed by atoms with E-state index in [4.69, 9.17) is 9.47 Å². The topological polar surface area (TPSA) is 18.5 Å². The molecule has 0 radical (unpaired) electrons. The molecule has 1 aromatic rings. The quantitative estimate of drug-likeness (QED) is 0.607. The normalized spacial score (nSPS) is 10.2. The van der Waals surface area contributed by atoms with Gasteiger partial charge < -0.3 is 9.47 Å². The Balaban J connectivity index is 2.64. The molecule has 0 aromatic heterocycles. The molecule has 0 unspecified atom stereocenters. The molecule has 0 aliphatic heterocycles. The van der Waals surface area contributed by atoms with Crippen LogP contribution in [0.25, 0.3) is 0 Å². The highest BCUT2D eigenvalue weighted by molar-refractivity contribution is 9.10. The van der Waals surface area contributed by atoms with Gasteiger partial charge in [0, 0.05) is 17.3 Å². The van der Waals surface area contributed by atoms with Crippen molar-refractivity contribution in [2.45, 2.75) is 5.75 Å². The zero-order valence-electron chi connectivity index (χ0n) is 8.25. The van der Waals surface area contributed by atoms with Gasteiger partial charge in [-0.15, -0.1) is 11.8 Å². The van der Waals surface area contributed by atoms with Gasteiger partial charge in [0.25, 0.3) is 0 Å². The third kappa shape index (κ3) is 3.52. The molecule has 0 atom stereocenters. The Labute approximate surface area is 97.1 Å². The second kappa shape index (κ2) is 6.32. The van der Waals surface area contributed by atoms with Crippen LogP contribution in [0.1, 0.15) is 5.56 Å². The van der Waals surface area contributed by atoms with E-state index in [2.05, 4.69) is 15.9 Å². The van der Waals surface area contributed by atoms with Crippen molar-refractivity contribution in [3.63, 3.8) is 0 Å². The molecular weight excluding hydrogens is 264 g/mol. The van der Waals surface area contributed by atoms with Crippen LogP contribution in [-0.4, -0.2) is 20.2 Å². The minimum Gasteiger partial charge on any atom is -0.497 e. The van der Waals surface area contributed by atoms with E-state index < -0.39 is 0 Å². The number of methoxy groups -OCH3 is 2. The fraction of sp³-hybridized carbons (Fsp3) is 0.400. The van der Waals surface area contributed by atoms with Gasteiger partial charge in [-0.1, -0.05) is 15.9 Å². The molecule has 0 aliphatic rings. The summed E-state index contributed by atoms with van der Waals surface area (Å²) in [5.41, 5.74) is 1.23. The minimum atomic E-state index is 0.712. The summed E-state index contributed by atoms with van der Waals surface area (Å²) in [4.78, 5) is 0. The maximum atomic E-state index is 5.15. The number of halogens is 1. The van der Waals surface area contributed by atoms with Crippen molar-refractivity contribution in [3.05, 3.63) is 28.2 Å². The molecule has 4 heteroatoms. The maximum Gasteiger partial charge on any atom is 0.119 e. The Morgan fingerprint density at radius 1 is 1.36 bits per heavy atom. The first kappa shape index (κ1) is 11.9. The second-order valence-electron chi connectivity index (χ2n) is 2.71. The third-order valence-electron chi connectivity index (χ3n) is 1.71. The summed E-state index contributed by atoms with van der Waals surface area (Å²) in [5.74, 6) is 2.52. The van der Waals surface area contributed by atoms with Crippen LogP contribution in [0.3, 0.4) is 0 Å². The zero-order valence-corrected chi connectivity index (χ0v) is 10.7. The average molecular weight is 277 g/mol. The largest absolute Gasteiger partial charge is 0.497 e. The molecule has 2 nitrogen and oxygen atoms in total. The first-order chi connectivity index (χ1) is 6.77. The number of hydrogen-bond acceptors (Lipinski definition) is 3. The summed E-state index contributed by atoms with van der Waals surface area (Å²) in [5, 5.41) is 0. The highest BCUT2D eigenvalue weighted by Crippen LogP contribution is 2.25. The summed E-state index contributed by atoms with van der Waals surface area (Å²) in [6.07, 6.45) is 0. The number of hydrogen-bond donors (Lipinski definition) is 0. The van der Waals surface area contributed by atoms with Gasteiger partial charge in [-0.25, -0.2) is 0 Å². The van der Waals surface area contributed by atoms with Crippen LogP contribution in [0.2, 0.25) is 0 Å². The lowest BCUT2D eigenvalue weighted by Gasteiger charge is -2.06. The second-order valence-corrected chi connectivity index (χ2v) is 4.50. The van der Waals surface area contributed by atoms with E-state index in [0.717, 1.165) is 16.0 Å². The highest BCUT2D eigenvalue weighted by atomic mass is 79.9.